The van der Waals surface area contributed by atoms with Crippen LogP contribution in [0.3, 0.4) is 0 Å². The number of carboxylic acid groups (broad SMARTS) is 1. The number of nitrogens with zero attached hydrogens (tertiary/aromatic N) is 4. The van der Waals surface area contributed by atoms with Crippen LogP contribution < -0.4 is 14.2 Å². The summed E-state index contributed by atoms with van der Waals surface area (Å²) < 4.78 is 18.2. The monoisotopic (exact) mass is 350 g/mol. The summed E-state index contributed by atoms with van der Waals surface area (Å²) in [6.07, 6.45) is 0. The van der Waals surface area contributed by atoms with Gasteiger partial charge in [0.05, 0.1) is 30.9 Å². The number of fused-ring (bicyclic) bond motifs is 1. The number of benzene rings is 1. The topological polar surface area (TPSA) is 109 Å². The van der Waals surface area contributed by atoms with Crippen LogP contribution in [-0.4, -0.2) is 52.6 Å². The molecule has 0 fully saturated rings. The molecule has 0 radical (unpaired) electrons. The van der Waals surface area contributed by atoms with Gasteiger partial charge in [0.25, 0.3) is 0 Å². The molecule has 3 aromatic rings. The normalized spacial score (nSPS) is 10.8. The molecule has 3 rings (SSSR count). The Balaban J connectivity index is 2.19. The summed E-state index contributed by atoms with van der Waals surface area (Å²) in [5, 5.41) is 21.0. The molecule has 1 N–H and O–H groups in total. The number of carboxylic acids is 1. The van der Waals surface area contributed by atoms with E-state index in [4.69, 9.17) is 19.3 Å². The summed E-state index contributed by atoms with van der Waals surface area (Å²) in [4.78, 5) is 11.6. The fourth-order valence-electron chi connectivity index (χ4n) is 2.37. The standard InChI is InChI=1S/C14H14N4O5S/c1-21-8-4-7-5-9(14-15-16-17-18(14)6-10(19)20)24-13(7)12(23-3)11(8)22-2/h4-5H,6H2,1-3H3,(H,19,20). The van der Waals surface area contributed by atoms with Gasteiger partial charge >= 0.3 is 5.97 Å². The van der Waals surface area contributed by atoms with E-state index < -0.39 is 5.97 Å². The molecule has 0 aliphatic heterocycles. The first kappa shape index (κ1) is 16.0. The highest BCUT2D eigenvalue weighted by atomic mass is 32.1. The molecule has 0 aliphatic carbocycles. The van der Waals surface area contributed by atoms with Gasteiger partial charge in [-0.05, 0) is 22.6 Å². The predicted octanol–water partition coefficient (Wildman–Crippen LogP) is 1.67. The van der Waals surface area contributed by atoms with Crippen molar-refractivity contribution >= 4 is 27.4 Å². The van der Waals surface area contributed by atoms with E-state index in [1.165, 1.54) is 23.1 Å². The zero-order chi connectivity index (χ0) is 17.3. The van der Waals surface area contributed by atoms with Gasteiger partial charge in [0, 0.05) is 5.39 Å². The zero-order valence-corrected chi connectivity index (χ0v) is 14.0. The summed E-state index contributed by atoms with van der Waals surface area (Å²) >= 11 is 1.38. The van der Waals surface area contributed by atoms with Crippen molar-refractivity contribution < 1.29 is 24.1 Å². The number of aliphatic carboxylic acids is 1. The molecule has 0 amide bonds. The quantitative estimate of drug-likeness (QED) is 0.715. The first-order valence-electron chi connectivity index (χ1n) is 6.79. The SMILES string of the molecule is COc1cc2cc(-c3nnnn3CC(=O)O)sc2c(OC)c1OC. The number of hydrogen-bond donors (Lipinski definition) is 1. The molecular formula is C14H14N4O5S. The Morgan fingerprint density at radius 1 is 1.21 bits per heavy atom. The average Bonchev–Trinajstić information content (AvgIpc) is 3.18. The van der Waals surface area contributed by atoms with Crippen LogP contribution in [0.5, 0.6) is 17.2 Å². The largest absolute Gasteiger partial charge is 0.493 e. The summed E-state index contributed by atoms with van der Waals surface area (Å²) in [5.41, 5.74) is 0. The van der Waals surface area contributed by atoms with Crippen LogP contribution in [-0.2, 0) is 11.3 Å². The van der Waals surface area contributed by atoms with Gasteiger partial charge in [-0.1, -0.05) is 0 Å². The molecule has 0 saturated heterocycles. The lowest BCUT2D eigenvalue weighted by atomic mass is 10.2. The molecule has 2 aromatic heterocycles. The predicted molar refractivity (Wildman–Crippen MR) is 85.9 cm³/mol. The number of ether oxygens (including phenoxy) is 3. The number of aromatic nitrogens is 4. The molecule has 0 saturated carbocycles. The van der Waals surface area contributed by atoms with E-state index in [0.29, 0.717) is 28.0 Å². The molecule has 0 bridgehead atoms. The van der Waals surface area contributed by atoms with Gasteiger partial charge < -0.3 is 19.3 Å². The number of carbonyl (C=O) groups is 1. The van der Waals surface area contributed by atoms with Crippen molar-refractivity contribution in [3.63, 3.8) is 0 Å². The van der Waals surface area contributed by atoms with Gasteiger partial charge in [-0.3, -0.25) is 4.79 Å². The Kier molecular flexibility index (Phi) is 4.21. The van der Waals surface area contributed by atoms with Crippen molar-refractivity contribution in [3.8, 4) is 28.0 Å². The first-order chi connectivity index (χ1) is 11.6. The van der Waals surface area contributed by atoms with E-state index in [0.717, 1.165) is 10.1 Å². The van der Waals surface area contributed by atoms with E-state index in [9.17, 15) is 4.79 Å². The smallest absolute Gasteiger partial charge is 0.325 e. The minimum Gasteiger partial charge on any atom is -0.493 e. The molecule has 10 heteroatoms. The first-order valence-corrected chi connectivity index (χ1v) is 7.61. The van der Waals surface area contributed by atoms with Crippen LogP contribution in [0.4, 0.5) is 0 Å². The maximum absolute atomic E-state index is 10.9. The highest BCUT2D eigenvalue weighted by Gasteiger charge is 2.21. The average molecular weight is 350 g/mol. The van der Waals surface area contributed by atoms with Crippen LogP contribution in [0.1, 0.15) is 0 Å². The van der Waals surface area contributed by atoms with E-state index in [1.54, 1.807) is 14.2 Å². The summed E-state index contributed by atoms with van der Waals surface area (Å²) in [7, 11) is 4.63. The number of thiophene rings is 1. The third kappa shape index (κ3) is 2.60. The van der Waals surface area contributed by atoms with Gasteiger partial charge in [0.15, 0.2) is 17.3 Å². The molecule has 0 atom stereocenters. The number of methoxy groups -OCH3 is 3. The van der Waals surface area contributed by atoms with Gasteiger partial charge in [0.1, 0.15) is 6.54 Å². The fourth-order valence-corrected chi connectivity index (χ4v) is 3.52. The molecule has 0 spiro atoms. The second kappa shape index (κ2) is 6.32. The van der Waals surface area contributed by atoms with Crippen LogP contribution in [0.15, 0.2) is 12.1 Å². The van der Waals surface area contributed by atoms with Crippen molar-refractivity contribution in [1.82, 2.24) is 20.2 Å². The van der Waals surface area contributed by atoms with Gasteiger partial charge in [0.2, 0.25) is 5.75 Å². The minimum absolute atomic E-state index is 0.319. The third-order valence-corrected chi connectivity index (χ3v) is 4.49. The second-order valence-corrected chi connectivity index (χ2v) is 5.78. The Bertz CT molecular complexity index is 904. The van der Waals surface area contributed by atoms with E-state index in [2.05, 4.69) is 15.5 Å². The maximum Gasteiger partial charge on any atom is 0.325 e. The molecule has 1 aromatic carbocycles. The zero-order valence-electron chi connectivity index (χ0n) is 13.1. The summed E-state index contributed by atoms with van der Waals surface area (Å²) in [6, 6.07) is 3.68. The van der Waals surface area contributed by atoms with Crippen molar-refractivity contribution in [2.24, 2.45) is 0 Å². The van der Waals surface area contributed by atoms with Gasteiger partial charge in [-0.15, -0.1) is 16.4 Å². The highest BCUT2D eigenvalue weighted by Crippen LogP contribution is 2.47. The van der Waals surface area contributed by atoms with Crippen LogP contribution in [0.25, 0.3) is 20.8 Å². The minimum atomic E-state index is -1.02. The van der Waals surface area contributed by atoms with E-state index in [-0.39, 0.29) is 6.54 Å². The van der Waals surface area contributed by atoms with Crippen molar-refractivity contribution in [2.75, 3.05) is 21.3 Å². The molecule has 0 unspecified atom stereocenters. The molecule has 0 aliphatic rings. The maximum atomic E-state index is 10.9. The molecular weight excluding hydrogens is 336 g/mol. The second-order valence-electron chi connectivity index (χ2n) is 4.73. The Hall–Kier alpha value is -2.88. The van der Waals surface area contributed by atoms with Crippen LogP contribution >= 0.6 is 11.3 Å². The van der Waals surface area contributed by atoms with Gasteiger partial charge in [-0.25, -0.2) is 4.68 Å². The highest BCUT2D eigenvalue weighted by molar-refractivity contribution is 7.22. The third-order valence-electron chi connectivity index (χ3n) is 3.35. The summed E-state index contributed by atoms with van der Waals surface area (Å²) in [6.45, 7) is -0.319. The summed E-state index contributed by atoms with van der Waals surface area (Å²) in [5.74, 6) is 0.923. The molecule has 2 heterocycles. The van der Waals surface area contributed by atoms with Crippen molar-refractivity contribution in [2.45, 2.75) is 6.54 Å². The van der Waals surface area contributed by atoms with Crippen LogP contribution in [0.2, 0.25) is 0 Å². The van der Waals surface area contributed by atoms with Crippen molar-refractivity contribution in [1.29, 1.82) is 0 Å². The molecule has 9 nitrogen and oxygen atoms in total. The van der Waals surface area contributed by atoms with E-state index >= 15 is 0 Å². The van der Waals surface area contributed by atoms with Crippen molar-refractivity contribution in [3.05, 3.63) is 12.1 Å². The number of rotatable bonds is 6. The lowest BCUT2D eigenvalue weighted by Crippen LogP contribution is -2.11. The molecule has 126 valence electrons. The van der Waals surface area contributed by atoms with Crippen LogP contribution in [0, 0.1) is 0 Å². The van der Waals surface area contributed by atoms with Gasteiger partial charge in [-0.2, -0.15) is 0 Å². The number of tetrazole rings is 1. The molecule has 24 heavy (non-hydrogen) atoms. The fraction of sp³-hybridized carbons (Fsp3) is 0.286. The Morgan fingerprint density at radius 2 is 1.96 bits per heavy atom. The lowest BCUT2D eigenvalue weighted by molar-refractivity contribution is -0.137. The Labute approximate surface area is 140 Å². The Morgan fingerprint density at radius 3 is 2.58 bits per heavy atom. The number of hydrogen-bond acceptors (Lipinski definition) is 8. The lowest BCUT2D eigenvalue weighted by Gasteiger charge is -2.12. The van der Waals surface area contributed by atoms with E-state index in [1.807, 2.05) is 12.1 Å².